The standard InChI is InChI=1S/C13H15N3S/c1-9-13(15-6-5-14-9)16-8-11-7-10-3-2-4-12(10)17-11/h5-7H,2-4,8H2,1H3,(H,15,16). The van der Waals surface area contributed by atoms with Gasteiger partial charge in [0.05, 0.1) is 12.2 Å². The van der Waals surface area contributed by atoms with Crippen LogP contribution in [-0.2, 0) is 19.4 Å². The lowest BCUT2D eigenvalue weighted by Gasteiger charge is -2.05. The van der Waals surface area contributed by atoms with E-state index >= 15 is 0 Å². The van der Waals surface area contributed by atoms with Crippen molar-refractivity contribution in [1.82, 2.24) is 9.97 Å². The van der Waals surface area contributed by atoms with Crippen LogP contribution in [0.4, 0.5) is 5.82 Å². The Hall–Kier alpha value is -1.42. The first kappa shape index (κ1) is 10.7. The second-order valence-electron chi connectivity index (χ2n) is 4.36. The Labute approximate surface area is 105 Å². The largest absolute Gasteiger partial charge is 0.364 e. The molecule has 0 radical (unpaired) electrons. The summed E-state index contributed by atoms with van der Waals surface area (Å²) in [7, 11) is 0. The van der Waals surface area contributed by atoms with Gasteiger partial charge in [0.15, 0.2) is 0 Å². The van der Waals surface area contributed by atoms with Crippen LogP contribution in [-0.4, -0.2) is 9.97 Å². The van der Waals surface area contributed by atoms with Crippen LogP contribution >= 0.6 is 11.3 Å². The number of nitrogens with zero attached hydrogens (tertiary/aromatic N) is 2. The van der Waals surface area contributed by atoms with Gasteiger partial charge in [-0.05, 0) is 37.8 Å². The molecule has 88 valence electrons. The van der Waals surface area contributed by atoms with Gasteiger partial charge in [-0.2, -0.15) is 0 Å². The van der Waals surface area contributed by atoms with Gasteiger partial charge in [-0.1, -0.05) is 0 Å². The number of anilines is 1. The highest BCUT2D eigenvalue weighted by Crippen LogP contribution is 2.30. The second kappa shape index (κ2) is 4.45. The van der Waals surface area contributed by atoms with Crippen molar-refractivity contribution in [3.63, 3.8) is 0 Å². The molecule has 1 N–H and O–H groups in total. The molecule has 0 fully saturated rings. The van der Waals surface area contributed by atoms with Crippen molar-refractivity contribution < 1.29 is 0 Å². The van der Waals surface area contributed by atoms with Crippen LogP contribution in [0.3, 0.4) is 0 Å². The van der Waals surface area contributed by atoms with E-state index in [4.69, 9.17) is 0 Å². The normalized spacial score (nSPS) is 13.7. The van der Waals surface area contributed by atoms with Crippen molar-refractivity contribution in [2.45, 2.75) is 32.7 Å². The number of aryl methyl sites for hydroxylation is 3. The van der Waals surface area contributed by atoms with Crippen molar-refractivity contribution in [1.29, 1.82) is 0 Å². The molecule has 0 aromatic carbocycles. The average Bonchev–Trinajstić information content (AvgIpc) is 2.88. The third kappa shape index (κ3) is 2.17. The summed E-state index contributed by atoms with van der Waals surface area (Å²) in [6.07, 6.45) is 7.31. The Kier molecular flexibility index (Phi) is 2.81. The summed E-state index contributed by atoms with van der Waals surface area (Å²) >= 11 is 1.94. The monoisotopic (exact) mass is 245 g/mol. The molecule has 3 rings (SSSR count). The highest BCUT2D eigenvalue weighted by molar-refractivity contribution is 7.12. The summed E-state index contributed by atoms with van der Waals surface area (Å²) in [5.41, 5.74) is 2.51. The topological polar surface area (TPSA) is 37.8 Å². The van der Waals surface area contributed by atoms with Gasteiger partial charge in [-0.25, -0.2) is 4.98 Å². The fourth-order valence-electron chi connectivity index (χ4n) is 2.23. The van der Waals surface area contributed by atoms with Crippen LogP contribution in [0.25, 0.3) is 0 Å². The van der Waals surface area contributed by atoms with E-state index in [1.54, 1.807) is 22.8 Å². The third-order valence-electron chi connectivity index (χ3n) is 3.11. The average molecular weight is 245 g/mol. The SMILES string of the molecule is Cc1nccnc1NCc1cc2c(s1)CCC2. The maximum atomic E-state index is 4.29. The predicted molar refractivity (Wildman–Crippen MR) is 70.4 cm³/mol. The van der Waals surface area contributed by atoms with Gasteiger partial charge < -0.3 is 5.32 Å². The molecule has 2 aromatic heterocycles. The maximum absolute atomic E-state index is 4.29. The van der Waals surface area contributed by atoms with Crippen molar-refractivity contribution in [2.24, 2.45) is 0 Å². The molecule has 3 nitrogen and oxygen atoms in total. The van der Waals surface area contributed by atoms with Gasteiger partial charge in [0.1, 0.15) is 5.82 Å². The summed E-state index contributed by atoms with van der Waals surface area (Å²) in [4.78, 5) is 11.5. The number of aromatic nitrogens is 2. The molecule has 2 aromatic rings. The highest BCUT2D eigenvalue weighted by Gasteiger charge is 2.14. The van der Waals surface area contributed by atoms with Crippen LogP contribution in [0.1, 0.15) is 27.4 Å². The lowest BCUT2D eigenvalue weighted by Crippen LogP contribution is -2.02. The molecule has 17 heavy (non-hydrogen) atoms. The fraction of sp³-hybridized carbons (Fsp3) is 0.385. The number of thiophene rings is 1. The van der Waals surface area contributed by atoms with Gasteiger partial charge in [0.25, 0.3) is 0 Å². The second-order valence-corrected chi connectivity index (χ2v) is 5.58. The van der Waals surface area contributed by atoms with Crippen LogP contribution < -0.4 is 5.32 Å². The summed E-state index contributed by atoms with van der Waals surface area (Å²) in [5.74, 6) is 0.890. The zero-order chi connectivity index (χ0) is 11.7. The molecule has 0 spiro atoms. The molecular formula is C13H15N3S. The summed E-state index contributed by atoms with van der Waals surface area (Å²) in [6.45, 7) is 2.83. The Bertz CT molecular complexity index is 512. The van der Waals surface area contributed by atoms with Gasteiger partial charge in [-0.15, -0.1) is 11.3 Å². The van der Waals surface area contributed by atoms with Gasteiger partial charge in [0.2, 0.25) is 0 Å². The third-order valence-corrected chi connectivity index (χ3v) is 4.35. The minimum Gasteiger partial charge on any atom is -0.364 e. The molecule has 0 saturated heterocycles. The zero-order valence-electron chi connectivity index (χ0n) is 9.86. The Morgan fingerprint density at radius 1 is 1.29 bits per heavy atom. The van der Waals surface area contributed by atoms with E-state index in [-0.39, 0.29) is 0 Å². The van der Waals surface area contributed by atoms with E-state index in [1.807, 2.05) is 18.3 Å². The van der Waals surface area contributed by atoms with E-state index in [0.717, 1.165) is 18.1 Å². The van der Waals surface area contributed by atoms with Crippen molar-refractivity contribution in [3.8, 4) is 0 Å². The first-order chi connectivity index (χ1) is 8.33. The smallest absolute Gasteiger partial charge is 0.147 e. The van der Waals surface area contributed by atoms with Gasteiger partial charge in [-0.3, -0.25) is 4.98 Å². The molecule has 0 atom stereocenters. The molecular weight excluding hydrogens is 230 g/mol. The van der Waals surface area contributed by atoms with Crippen LogP contribution in [0.2, 0.25) is 0 Å². The van der Waals surface area contributed by atoms with E-state index in [1.165, 1.54) is 24.1 Å². The number of fused-ring (bicyclic) bond motifs is 1. The number of rotatable bonds is 3. The highest BCUT2D eigenvalue weighted by atomic mass is 32.1. The van der Waals surface area contributed by atoms with Gasteiger partial charge >= 0.3 is 0 Å². The fourth-order valence-corrected chi connectivity index (χ4v) is 3.43. The molecule has 0 saturated carbocycles. The number of nitrogens with one attached hydrogen (secondary N) is 1. The van der Waals surface area contributed by atoms with E-state index in [0.29, 0.717) is 0 Å². The van der Waals surface area contributed by atoms with Gasteiger partial charge in [0, 0.05) is 22.1 Å². The molecule has 0 amide bonds. The Balaban J connectivity index is 1.70. The van der Waals surface area contributed by atoms with Crippen LogP contribution in [0.15, 0.2) is 18.5 Å². The van der Waals surface area contributed by atoms with E-state index < -0.39 is 0 Å². The van der Waals surface area contributed by atoms with Crippen LogP contribution in [0.5, 0.6) is 0 Å². The number of hydrogen-bond acceptors (Lipinski definition) is 4. The first-order valence-electron chi connectivity index (χ1n) is 5.95. The summed E-state index contributed by atoms with van der Waals surface area (Å²) in [6, 6.07) is 2.34. The molecule has 0 bridgehead atoms. The lowest BCUT2D eigenvalue weighted by atomic mass is 10.2. The zero-order valence-corrected chi connectivity index (χ0v) is 10.7. The van der Waals surface area contributed by atoms with E-state index in [2.05, 4.69) is 21.4 Å². The first-order valence-corrected chi connectivity index (χ1v) is 6.76. The Morgan fingerprint density at radius 3 is 3.00 bits per heavy atom. The molecule has 4 heteroatoms. The maximum Gasteiger partial charge on any atom is 0.147 e. The summed E-state index contributed by atoms with van der Waals surface area (Å²) in [5, 5.41) is 3.35. The van der Waals surface area contributed by atoms with Crippen molar-refractivity contribution in [3.05, 3.63) is 39.5 Å². The predicted octanol–water partition coefficient (Wildman–Crippen LogP) is 2.95. The summed E-state index contributed by atoms with van der Waals surface area (Å²) < 4.78 is 0. The molecule has 1 aliphatic rings. The van der Waals surface area contributed by atoms with Crippen molar-refractivity contribution in [2.75, 3.05) is 5.32 Å². The number of hydrogen-bond donors (Lipinski definition) is 1. The molecule has 0 unspecified atom stereocenters. The van der Waals surface area contributed by atoms with Crippen LogP contribution in [0, 0.1) is 6.92 Å². The minimum absolute atomic E-state index is 0.858. The van der Waals surface area contributed by atoms with E-state index in [9.17, 15) is 0 Å². The quantitative estimate of drug-likeness (QED) is 0.903. The molecule has 1 aliphatic carbocycles. The molecule has 0 aliphatic heterocycles. The minimum atomic E-state index is 0.858. The lowest BCUT2D eigenvalue weighted by molar-refractivity contribution is 0.913. The molecule has 2 heterocycles. The Morgan fingerprint density at radius 2 is 2.18 bits per heavy atom. The van der Waals surface area contributed by atoms with Crippen molar-refractivity contribution >= 4 is 17.2 Å².